The topological polar surface area (TPSA) is 37.8 Å². The lowest BCUT2D eigenvalue weighted by Gasteiger charge is -2.26. The third-order valence-corrected chi connectivity index (χ3v) is 4.08. The van der Waals surface area contributed by atoms with Gasteiger partial charge in [0, 0.05) is 12.0 Å². The molecule has 0 spiro atoms. The lowest BCUT2D eigenvalue weighted by Crippen LogP contribution is -2.28. The number of nitrogens with zero attached hydrogens (tertiary/aromatic N) is 2. The van der Waals surface area contributed by atoms with Gasteiger partial charge >= 0.3 is 0 Å². The van der Waals surface area contributed by atoms with Crippen molar-refractivity contribution in [2.24, 2.45) is 0 Å². The molecule has 0 radical (unpaired) electrons. The van der Waals surface area contributed by atoms with E-state index in [0.29, 0.717) is 5.15 Å². The van der Waals surface area contributed by atoms with Crippen LogP contribution in [0.3, 0.4) is 0 Å². The van der Waals surface area contributed by atoms with E-state index in [4.69, 9.17) is 11.6 Å². The maximum atomic E-state index is 5.97. The summed E-state index contributed by atoms with van der Waals surface area (Å²) in [6.07, 6.45) is 0. The van der Waals surface area contributed by atoms with E-state index >= 15 is 0 Å². The quantitative estimate of drug-likeness (QED) is 0.919. The van der Waals surface area contributed by atoms with Gasteiger partial charge in [-0.05, 0) is 30.5 Å². The van der Waals surface area contributed by atoms with E-state index in [2.05, 4.69) is 53.6 Å². The maximum Gasteiger partial charge on any atom is 0.155 e. The molecule has 2 rings (SSSR count). The summed E-state index contributed by atoms with van der Waals surface area (Å²) < 4.78 is 0. The minimum absolute atomic E-state index is 0.0168. The Balaban J connectivity index is 2.15. The Morgan fingerprint density at radius 2 is 1.70 bits per heavy atom. The third kappa shape index (κ3) is 3.10. The third-order valence-electron chi connectivity index (χ3n) is 3.72. The smallest absolute Gasteiger partial charge is 0.155 e. The first-order valence-electron chi connectivity index (χ1n) is 6.70. The Hall–Kier alpha value is -1.61. The summed E-state index contributed by atoms with van der Waals surface area (Å²) >= 11 is 5.97. The van der Waals surface area contributed by atoms with Crippen LogP contribution in [0.1, 0.15) is 30.5 Å². The van der Waals surface area contributed by atoms with Gasteiger partial charge in [-0.2, -0.15) is 0 Å². The minimum atomic E-state index is 0.0168. The summed E-state index contributed by atoms with van der Waals surface area (Å²) in [4.78, 5) is 0. The van der Waals surface area contributed by atoms with Crippen LogP contribution < -0.4 is 5.32 Å². The number of hydrogen-bond donors (Lipinski definition) is 1. The fraction of sp³-hybridized carbons (Fsp3) is 0.375. The van der Waals surface area contributed by atoms with Crippen LogP contribution in [-0.4, -0.2) is 16.7 Å². The fourth-order valence-electron chi connectivity index (χ4n) is 2.04. The normalized spacial score (nSPS) is 11.4. The van der Waals surface area contributed by atoms with Gasteiger partial charge in [0.2, 0.25) is 0 Å². The molecule has 1 aromatic heterocycles. The van der Waals surface area contributed by atoms with Crippen LogP contribution in [0.15, 0.2) is 30.3 Å². The van der Waals surface area contributed by atoms with Gasteiger partial charge in [-0.15, -0.1) is 10.2 Å². The number of nitrogens with one attached hydrogen (secondary N) is 1. The zero-order chi connectivity index (χ0) is 14.8. The van der Waals surface area contributed by atoms with E-state index < -0.39 is 0 Å². The monoisotopic (exact) mass is 289 g/mol. The van der Waals surface area contributed by atoms with Crippen molar-refractivity contribution >= 4 is 17.4 Å². The first kappa shape index (κ1) is 14.8. The molecular weight excluding hydrogens is 270 g/mol. The Morgan fingerprint density at radius 1 is 1.05 bits per heavy atom. The van der Waals surface area contributed by atoms with E-state index in [9.17, 15) is 0 Å². The van der Waals surface area contributed by atoms with Crippen LogP contribution in [0, 0.1) is 13.8 Å². The van der Waals surface area contributed by atoms with Crippen molar-refractivity contribution in [2.45, 2.75) is 33.1 Å². The predicted molar refractivity (Wildman–Crippen MR) is 84.5 cm³/mol. The second kappa shape index (κ2) is 5.80. The second-order valence-electron chi connectivity index (χ2n) is 5.69. The Morgan fingerprint density at radius 3 is 2.35 bits per heavy atom. The van der Waals surface area contributed by atoms with Crippen molar-refractivity contribution in [2.75, 3.05) is 11.9 Å². The van der Waals surface area contributed by atoms with Gasteiger partial charge in [0.1, 0.15) is 0 Å². The van der Waals surface area contributed by atoms with E-state index in [1.807, 2.05) is 19.9 Å². The van der Waals surface area contributed by atoms with Crippen LogP contribution >= 0.6 is 11.6 Å². The molecule has 20 heavy (non-hydrogen) atoms. The summed E-state index contributed by atoms with van der Waals surface area (Å²) in [7, 11) is 0. The lowest BCUT2D eigenvalue weighted by molar-refractivity contribution is 0.555. The molecule has 3 nitrogen and oxygen atoms in total. The van der Waals surface area contributed by atoms with Crippen LogP contribution in [0.5, 0.6) is 0 Å². The Bertz CT molecular complexity index is 594. The summed E-state index contributed by atoms with van der Waals surface area (Å²) in [5, 5.41) is 12.0. The molecule has 0 aliphatic rings. The molecule has 0 amide bonds. The van der Waals surface area contributed by atoms with Crippen molar-refractivity contribution in [1.29, 1.82) is 0 Å². The molecule has 0 bridgehead atoms. The molecule has 2 aromatic rings. The second-order valence-corrected chi connectivity index (χ2v) is 6.05. The fourth-order valence-corrected chi connectivity index (χ4v) is 2.22. The average Bonchev–Trinajstić information content (AvgIpc) is 2.45. The standard InChI is InChI=1S/C16H20ClN3/c1-11-12(2)15(20-19-14(11)17)18-10-16(3,4)13-8-6-5-7-9-13/h5-9H,10H2,1-4H3,(H,18,20). The maximum absolute atomic E-state index is 5.97. The first-order chi connectivity index (χ1) is 9.42. The summed E-state index contributed by atoms with van der Waals surface area (Å²) in [5.41, 5.74) is 3.34. The molecule has 1 N–H and O–H groups in total. The molecule has 0 atom stereocenters. The van der Waals surface area contributed by atoms with Gasteiger partial charge in [0.25, 0.3) is 0 Å². The molecular formula is C16H20ClN3. The van der Waals surface area contributed by atoms with Gasteiger partial charge in [0.05, 0.1) is 0 Å². The molecule has 0 saturated heterocycles. The van der Waals surface area contributed by atoms with Crippen LogP contribution in [0.4, 0.5) is 5.82 Å². The molecule has 106 valence electrons. The number of hydrogen-bond acceptors (Lipinski definition) is 3. The van der Waals surface area contributed by atoms with E-state index in [-0.39, 0.29) is 5.41 Å². The molecule has 0 aliphatic heterocycles. The molecule has 1 heterocycles. The number of benzene rings is 1. The highest BCUT2D eigenvalue weighted by Gasteiger charge is 2.21. The molecule has 0 unspecified atom stereocenters. The predicted octanol–water partition coefficient (Wildman–Crippen LogP) is 4.14. The number of halogens is 1. The van der Waals surface area contributed by atoms with E-state index in [0.717, 1.165) is 23.5 Å². The van der Waals surface area contributed by atoms with E-state index in [1.165, 1.54) is 5.56 Å². The first-order valence-corrected chi connectivity index (χ1v) is 7.08. The zero-order valence-electron chi connectivity index (χ0n) is 12.4. The molecule has 0 fully saturated rings. The SMILES string of the molecule is Cc1c(Cl)nnc(NCC(C)(C)c2ccccc2)c1C. The lowest BCUT2D eigenvalue weighted by atomic mass is 9.84. The van der Waals surface area contributed by atoms with Gasteiger partial charge < -0.3 is 5.32 Å². The van der Waals surface area contributed by atoms with Gasteiger partial charge in [-0.3, -0.25) is 0 Å². The van der Waals surface area contributed by atoms with Crippen LogP contribution in [-0.2, 0) is 5.41 Å². The summed E-state index contributed by atoms with van der Waals surface area (Å²) in [6, 6.07) is 10.5. The van der Waals surface area contributed by atoms with Crippen molar-refractivity contribution in [1.82, 2.24) is 10.2 Å². The van der Waals surface area contributed by atoms with Gasteiger partial charge in [-0.1, -0.05) is 55.8 Å². The van der Waals surface area contributed by atoms with Crippen molar-refractivity contribution < 1.29 is 0 Å². The molecule has 1 aromatic carbocycles. The largest absolute Gasteiger partial charge is 0.367 e. The van der Waals surface area contributed by atoms with Gasteiger partial charge in [-0.25, -0.2) is 0 Å². The number of rotatable bonds is 4. The zero-order valence-corrected chi connectivity index (χ0v) is 13.1. The average molecular weight is 290 g/mol. The highest BCUT2D eigenvalue weighted by Crippen LogP contribution is 2.25. The summed E-state index contributed by atoms with van der Waals surface area (Å²) in [6.45, 7) is 9.17. The molecule has 0 saturated carbocycles. The van der Waals surface area contributed by atoms with Gasteiger partial charge in [0.15, 0.2) is 11.0 Å². The number of aromatic nitrogens is 2. The Kier molecular flexibility index (Phi) is 4.29. The number of anilines is 1. The van der Waals surface area contributed by atoms with E-state index in [1.54, 1.807) is 0 Å². The van der Waals surface area contributed by atoms with Crippen molar-refractivity contribution in [3.05, 3.63) is 52.2 Å². The van der Waals surface area contributed by atoms with Crippen LogP contribution in [0.25, 0.3) is 0 Å². The van der Waals surface area contributed by atoms with Crippen molar-refractivity contribution in [3.8, 4) is 0 Å². The minimum Gasteiger partial charge on any atom is -0.367 e. The molecule has 4 heteroatoms. The Labute approximate surface area is 125 Å². The van der Waals surface area contributed by atoms with Crippen LogP contribution in [0.2, 0.25) is 5.15 Å². The summed E-state index contributed by atoms with van der Waals surface area (Å²) in [5.74, 6) is 0.802. The molecule has 0 aliphatic carbocycles. The highest BCUT2D eigenvalue weighted by molar-refractivity contribution is 6.30. The van der Waals surface area contributed by atoms with Crippen molar-refractivity contribution in [3.63, 3.8) is 0 Å². The highest BCUT2D eigenvalue weighted by atomic mass is 35.5.